The smallest absolute Gasteiger partial charge is 0.259 e. The molecule has 0 spiro atoms. The van der Waals surface area contributed by atoms with E-state index in [0.717, 1.165) is 0 Å². The Morgan fingerprint density at radius 3 is 2.58 bits per heavy atom. The van der Waals surface area contributed by atoms with Crippen LogP contribution in [0.2, 0.25) is 10.0 Å². The second-order valence-corrected chi connectivity index (χ2v) is 4.87. The topological polar surface area (TPSA) is 49.3 Å². The standard InChI is InChI=1S/C14H11Cl2NO2/c1-8-3-2-4-10(13(8)18)14(19)17-9-5-6-11(15)12(16)7-9/h2-7,18H,1H3,(H,17,19). The molecule has 0 fully saturated rings. The van der Waals surface area contributed by atoms with Crippen LogP contribution in [0.25, 0.3) is 0 Å². The van der Waals surface area contributed by atoms with Gasteiger partial charge in [0.1, 0.15) is 5.75 Å². The summed E-state index contributed by atoms with van der Waals surface area (Å²) >= 11 is 11.7. The molecule has 0 bridgehead atoms. The van der Waals surface area contributed by atoms with Crippen LogP contribution in [-0.2, 0) is 0 Å². The summed E-state index contributed by atoms with van der Waals surface area (Å²) in [7, 11) is 0. The summed E-state index contributed by atoms with van der Waals surface area (Å²) in [6, 6.07) is 9.77. The van der Waals surface area contributed by atoms with Crippen molar-refractivity contribution in [3.63, 3.8) is 0 Å². The van der Waals surface area contributed by atoms with Crippen LogP contribution in [-0.4, -0.2) is 11.0 Å². The minimum absolute atomic E-state index is 0.0277. The maximum Gasteiger partial charge on any atom is 0.259 e. The van der Waals surface area contributed by atoms with E-state index in [-0.39, 0.29) is 11.3 Å². The molecule has 3 nitrogen and oxygen atoms in total. The van der Waals surface area contributed by atoms with E-state index in [1.54, 1.807) is 43.3 Å². The number of halogens is 2. The number of nitrogens with one attached hydrogen (secondary N) is 1. The van der Waals surface area contributed by atoms with Gasteiger partial charge in [0.2, 0.25) is 0 Å². The molecule has 0 atom stereocenters. The number of benzene rings is 2. The number of rotatable bonds is 2. The van der Waals surface area contributed by atoms with Crippen LogP contribution in [0.4, 0.5) is 5.69 Å². The Labute approximate surface area is 120 Å². The Kier molecular flexibility index (Phi) is 3.98. The molecule has 2 aromatic carbocycles. The third kappa shape index (κ3) is 3.00. The maximum atomic E-state index is 12.0. The van der Waals surface area contributed by atoms with Gasteiger partial charge in [-0.3, -0.25) is 4.79 Å². The summed E-state index contributed by atoms with van der Waals surface area (Å²) < 4.78 is 0. The molecule has 0 saturated heterocycles. The van der Waals surface area contributed by atoms with Crippen molar-refractivity contribution in [3.05, 3.63) is 57.6 Å². The fourth-order valence-electron chi connectivity index (χ4n) is 1.61. The molecule has 19 heavy (non-hydrogen) atoms. The number of phenols is 1. The highest BCUT2D eigenvalue weighted by Crippen LogP contribution is 2.26. The van der Waals surface area contributed by atoms with Gasteiger partial charge in [0.25, 0.3) is 5.91 Å². The highest BCUT2D eigenvalue weighted by Gasteiger charge is 2.13. The van der Waals surface area contributed by atoms with E-state index in [2.05, 4.69) is 5.32 Å². The predicted octanol–water partition coefficient (Wildman–Crippen LogP) is 4.26. The van der Waals surface area contributed by atoms with E-state index in [4.69, 9.17) is 23.2 Å². The zero-order valence-electron chi connectivity index (χ0n) is 10.1. The number of hydrogen-bond donors (Lipinski definition) is 2. The maximum absolute atomic E-state index is 12.0. The molecular weight excluding hydrogens is 285 g/mol. The Morgan fingerprint density at radius 1 is 1.16 bits per heavy atom. The van der Waals surface area contributed by atoms with Gasteiger partial charge in [0.15, 0.2) is 0 Å². The third-order valence-electron chi connectivity index (χ3n) is 2.66. The Balaban J connectivity index is 2.26. The van der Waals surface area contributed by atoms with E-state index in [1.165, 1.54) is 0 Å². The number of aryl methyl sites for hydroxylation is 1. The van der Waals surface area contributed by atoms with Gasteiger partial charge in [-0.15, -0.1) is 0 Å². The first-order valence-corrected chi connectivity index (χ1v) is 6.29. The monoisotopic (exact) mass is 295 g/mol. The van der Waals surface area contributed by atoms with Crippen LogP contribution in [0.1, 0.15) is 15.9 Å². The predicted molar refractivity (Wildman–Crippen MR) is 77.3 cm³/mol. The molecule has 0 aliphatic rings. The summed E-state index contributed by atoms with van der Waals surface area (Å²) in [5.74, 6) is -0.431. The first-order chi connectivity index (χ1) is 8.99. The number of aromatic hydroxyl groups is 1. The molecule has 0 radical (unpaired) electrons. The summed E-state index contributed by atoms with van der Waals surface area (Å²) in [4.78, 5) is 12.0. The van der Waals surface area contributed by atoms with Crippen molar-refractivity contribution < 1.29 is 9.90 Å². The van der Waals surface area contributed by atoms with Gasteiger partial charge in [0.05, 0.1) is 15.6 Å². The molecule has 0 heterocycles. The lowest BCUT2D eigenvalue weighted by atomic mass is 10.1. The zero-order valence-corrected chi connectivity index (χ0v) is 11.6. The summed E-state index contributed by atoms with van der Waals surface area (Å²) in [6.45, 7) is 1.73. The molecular formula is C14H11Cl2NO2. The van der Waals surface area contributed by atoms with Crippen LogP contribution >= 0.6 is 23.2 Å². The van der Waals surface area contributed by atoms with Crippen LogP contribution in [0.3, 0.4) is 0 Å². The summed E-state index contributed by atoms with van der Waals surface area (Å²) in [5.41, 5.74) is 1.37. The number of anilines is 1. The van der Waals surface area contributed by atoms with Crippen LogP contribution < -0.4 is 5.32 Å². The number of hydrogen-bond acceptors (Lipinski definition) is 2. The zero-order chi connectivity index (χ0) is 14.0. The quantitative estimate of drug-likeness (QED) is 0.870. The molecule has 2 aromatic rings. The lowest BCUT2D eigenvalue weighted by Crippen LogP contribution is -2.12. The second kappa shape index (κ2) is 5.51. The largest absolute Gasteiger partial charge is 0.507 e. The molecule has 0 aliphatic carbocycles. The van der Waals surface area contributed by atoms with E-state index in [9.17, 15) is 9.90 Å². The number of para-hydroxylation sites is 1. The molecule has 5 heteroatoms. The summed E-state index contributed by atoms with van der Waals surface area (Å²) in [6.07, 6.45) is 0. The van der Waals surface area contributed by atoms with Gasteiger partial charge >= 0.3 is 0 Å². The fourth-order valence-corrected chi connectivity index (χ4v) is 1.91. The molecule has 98 valence electrons. The molecule has 0 aromatic heterocycles. The van der Waals surface area contributed by atoms with Gasteiger partial charge < -0.3 is 10.4 Å². The van der Waals surface area contributed by atoms with Gasteiger partial charge in [-0.25, -0.2) is 0 Å². The van der Waals surface area contributed by atoms with Crippen molar-refractivity contribution in [1.29, 1.82) is 0 Å². The van der Waals surface area contributed by atoms with E-state index in [0.29, 0.717) is 21.3 Å². The van der Waals surface area contributed by atoms with Gasteiger partial charge in [-0.1, -0.05) is 35.3 Å². The van der Waals surface area contributed by atoms with Crippen LogP contribution in [0, 0.1) is 6.92 Å². The van der Waals surface area contributed by atoms with Crippen molar-refractivity contribution in [2.75, 3.05) is 5.32 Å². The molecule has 2 rings (SSSR count). The number of carbonyl (C=O) groups excluding carboxylic acids is 1. The van der Waals surface area contributed by atoms with E-state index < -0.39 is 5.91 Å². The lowest BCUT2D eigenvalue weighted by Gasteiger charge is -2.09. The minimum Gasteiger partial charge on any atom is -0.507 e. The van der Waals surface area contributed by atoms with Crippen molar-refractivity contribution in [2.45, 2.75) is 6.92 Å². The lowest BCUT2D eigenvalue weighted by molar-refractivity contribution is 0.102. The molecule has 0 aliphatic heterocycles. The Hall–Kier alpha value is -1.71. The second-order valence-electron chi connectivity index (χ2n) is 4.05. The Morgan fingerprint density at radius 2 is 1.89 bits per heavy atom. The number of amides is 1. The molecule has 2 N–H and O–H groups in total. The molecule has 0 saturated carbocycles. The van der Waals surface area contributed by atoms with Crippen LogP contribution in [0.5, 0.6) is 5.75 Å². The van der Waals surface area contributed by atoms with Gasteiger partial charge in [-0.2, -0.15) is 0 Å². The highest BCUT2D eigenvalue weighted by molar-refractivity contribution is 6.42. The normalized spacial score (nSPS) is 10.3. The third-order valence-corrected chi connectivity index (χ3v) is 3.40. The minimum atomic E-state index is -0.403. The van der Waals surface area contributed by atoms with E-state index >= 15 is 0 Å². The molecule has 1 amide bonds. The van der Waals surface area contributed by atoms with Gasteiger partial charge in [-0.05, 0) is 36.8 Å². The van der Waals surface area contributed by atoms with Crippen molar-refractivity contribution in [1.82, 2.24) is 0 Å². The van der Waals surface area contributed by atoms with Crippen molar-refractivity contribution in [3.8, 4) is 5.75 Å². The highest BCUT2D eigenvalue weighted by atomic mass is 35.5. The van der Waals surface area contributed by atoms with Crippen molar-refractivity contribution in [2.24, 2.45) is 0 Å². The first-order valence-electron chi connectivity index (χ1n) is 5.54. The SMILES string of the molecule is Cc1cccc(C(=O)Nc2ccc(Cl)c(Cl)c2)c1O. The van der Waals surface area contributed by atoms with E-state index in [1.807, 2.05) is 0 Å². The summed E-state index contributed by atoms with van der Waals surface area (Å²) in [5, 5.41) is 13.3. The Bertz CT molecular complexity index is 641. The fraction of sp³-hybridized carbons (Fsp3) is 0.0714. The average Bonchev–Trinajstić information content (AvgIpc) is 2.37. The average molecular weight is 296 g/mol. The number of phenolic OH excluding ortho intramolecular Hbond substituents is 1. The first kappa shape index (κ1) is 13.7. The number of carbonyl (C=O) groups is 1. The van der Waals surface area contributed by atoms with Crippen LogP contribution in [0.15, 0.2) is 36.4 Å². The van der Waals surface area contributed by atoms with Crippen molar-refractivity contribution >= 4 is 34.8 Å². The molecule has 0 unspecified atom stereocenters. The van der Waals surface area contributed by atoms with Gasteiger partial charge in [0, 0.05) is 5.69 Å².